The Labute approximate surface area is 107 Å². The highest BCUT2D eigenvalue weighted by molar-refractivity contribution is 5.93. The fourth-order valence-corrected chi connectivity index (χ4v) is 1.71. The lowest BCUT2D eigenvalue weighted by Gasteiger charge is -2.24. The van der Waals surface area contributed by atoms with Crippen molar-refractivity contribution in [1.29, 1.82) is 0 Å². The highest BCUT2D eigenvalue weighted by Gasteiger charge is 2.17. The summed E-state index contributed by atoms with van der Waals surface area (Å²) in [7, 11) is 0. The van der Waals surface area contributed by atoms with E-state index in [1.165, 1.54) is 12.3 Å². The quantitative estimate of drug-likeness (QED) is 0.839. The van der Waals surface area contributed by atoms with Gasteiger partial charge in [0.15, 0.2) is 0 Å². The zero-order valence-electron chi connectivity index (χ0n) is 10.9. The van der Waals surface area contributed by atoms with Crippen molar-refractivity contribution < 1.29 is 9.18 Å². The third-order valence-electron chi connectivity index (χ3n) is 2.46. The summed E-state index contributed by atoms with van der Waals surface area (Å²) in [6.07, 6.45) is 3.21. The molecular weight excluding hydrogens is 233 g/mol. The van der Waals surface area contributed by atoms with Gasteiger partial charge >= 0.3 is 0 Å². The summed E-state index contributed by atoms with van der Waals surface area (Å²) >= 11 is 0. The molecule has 1 heterocycles. The Morgan fingerprint density at radius 1 is 1.50 bits per heavy atom. The van der Waals surface area contributed by atoms with Crippen molar-refractivity contribution in [3.63, 3.8) is 0 Å². The minimum absolute atomic E-state index is 0.191. The van der Waals surface area contributed by atoms with Crippen LogP contribution < -0.4 is 5.73 Å². The van der Waals surface area contributed by atoms with E-state index in [2.05, 4.69) is 4.98 Å². The van der Waals surface area contributed by atoms with E-state index in [1.807, 2.05) is 13.8 Å². The maximum absolute atomic E-state index is 13.1. The molecule has 0 radical (unpaired) electrons. The Balaban J connectivity index is 2.80. The molecule has 18 heavy (non-hydrogen) atoms. The van der Waals surface area contributed by atoms with E-state index in [0.29, 0.717) is 25.6 Å². The van der Waals surface area contributed by atoms with E-state index in [0.717, 1.165) is 12.6 Å². The number of carbonyl (C=O) groups excluding carboxylic acids is 1. The largest absolute Gasteiger partial charge is 0.338 e. The van der Waals surface area contributed by atoms with Gasteiger partial charge in [0.2, 0.25) is 0 Å². The molecule has 0 unspecified atom stereocenters. The molecule has 1 amide bonds. The molecule has 0 spiro atoms. The highest BCUT2D eigenvalue weighted by Crippen LogP contribution is 2.08. The van der Waals surface area contributed by atoms with Crippen LogP contribution in [-0.2, 0) is 0 Å². The predicted molar refractivity (Wildman–Crippen MR) is 68.6 cm³/mol. The molecule has 2 N–H and O–H groups in total. The first-order chi connectivity index (χ1) is 8.54. The molecule has 0 aliphatic heterocycles. The molecule has 0 saturated carbocycles. The molecule has 1 aromatic heterocycles. The maximum Gasteiger partial charge on any atom is 0.255 e. The van der Waals surface area contributed by atoms with Crippen molar-refractivity contribution in [2.45, 2.75) is 20.3 Å². The molecule has 0 atom stereocenters. The molecule has 0 aliphatic carbocycles. The lowest BCUT2D eigenvalue weighted by molar-refractivity contribution is 0.0734. The number of rotatable bonds is 6. The first-order valence-corrected chi connectivity index (χ1v) is 6.14. The Morgan fingerprint density at radius 2 is 2.22 bits per heavy atom. The summed E-state index contributed by atoms with van der Waals surface area (Å²) in [6.45, 7) is 5.82. The minimum Gasteiger partial charge on any atom is -0.338 e. The van der Waals surface area contributed by atoms with E-state index in [4.69, 9.17) is 5.73 Å². The van der Waals surface area contributed by atoms with Crippen LogP contribution in [0.2, 0.25) is 0 Å². The van der Waals surface area contributed by atoms with E-state index >= 15 is 0 Å². The van der Waals surface area contributed by atoms with E-state index < -0.39 is 5.82 Å². The fraction of sp³-hybridized carbons (Fsp3) is 0.538. The molecule has 5 heteroatoms. The van der Waals surface area contributed by atoms with Crippen LogP contribution >= 0.6 is 0 Å². The van der Waals surface area contributed by atoms with Crippen molar-refractivity contribution in [1.82, 2.24) is 9.88 Å². The van der Waals surface area contributed by atoms with Gasteiger partial charge in [0.25, 0.3) is 5.91 Å². The maximum atomic E-state index is 13.1. The zero-order chi connectivity index (χ0) is 13.5. The molecule has 4 nitrogen and oxygen atoms in total. The zero-order valence-corrected chi connectivity index (χ0v) is 10.9. The normalized spacial score (nSPS) is 10.7. The molecular formula is C13H20FN3O. The lowest BCUT2D eigenvalue weighted by Crippen LogP contribution is -2.36. The second kappa shape index (κ2) is 7.06. The second-order valence-electron chi connectivity index (χ2n) is 4.68. The molecule has 0 bridgehead atoms. The average molecular weight is 253 g/mol. The molecule has 100 valence electrons. The van der Waals surface area contributed by atoms with Crippen LogP contribution in [-0.4, -0.2) is 35.4 Å². The monoisotopic (exact) mass is 253 g/mol. The fourth-order valence-electron chi connectivity index (χ4n) is 1.71. The van der Waals surface area contributed by atoms with E-state index in [-0.39, 0.29) is 11.5 Å². The lowest BCUT2D eigenvalue weighted by atomic mass is 10.1. The van der Waals surface area contributed by atoms with Crippen molar-refractivity contribution in [2.24, 2.45) is 11.7 Å². The number of amides is 1. The van der Waals surface area contributed by atoms with Gasteiger partial charge in [-0.05, 0) is 24.9 Å². The molecule has 0 saturated heterocycles. The smallest absolute Gasteiger partial charge is 0.255 e. The highest BCUT2D eigenvalue weighted by atomic mass is 19.1. The molecule has 0 fully saturated rings. The van der Waals surface area contributed by atoms with Crippen LogP contribution in [0.1, 0.15) is 30.6 Å². The van der Waals surface area contributed by atoms with Crippen molar-refractivity contribution >= 4 is 5.91 Å². The van der Waals surface area contributed by atoms with Crippen molar-refractivity contribution in [3.05, 3.63) is 29.8 Å². The van der Waals surface area contributed by atoms with Crippen LogP contribution in [0.4, 0.5) is 4.39 Å². The van der Waals surface area contributed by atoms with Gasteiger partial charge in [0.05, 0.1) is 11.8 Å². The van der Waals surface area contributed by atoms with Crippen LogP contribution in [0.5, 0.6) is 0 Å². The third kappa shape index (κ3) is 4.41. The number of aromatic nitrogens is 1. The Bertz CT molecular complexity index is 396. The summed E-state index contributed by atoms with van der Waals surface area (Å²) < 4.78 is 13.1. The Hall–Kier alpha value is -1.49. The van der Waals surface area contributed by atoms with Gasteiger partial charge in [-0.1, -0.05) is 13.8 Å². The summed E-state index contributed by atoms with van der Waals surface area (Å²) in [4.78, 5) is 17.6. The molecule has 0 aromatic carbocycles. The SMILES string of the molecule is CC(C)CN(CCCN)C(=O)c1cncc(F)c1. The number of nitrogens with two attached hydrogens (primary N) is 1. The number of nitrogens with zero attached hydrogens (tertiary/aromatic N) is 2. The second-order valence-corrected chi connectivity index (χ2v) is 4.68. The van der Waals surface area contributed by atoms with E-state index in [1.54, 1.807) is 4.90 Å². The summed E-state index contributed by atoms with van der Waals surface area (Å²) in [5.41, 5.74) is 5.75. The van der Waals surface area contributed by atoms with Gasteiger partial charge < -0.3 is 10.6 Å². The first-order valence-electron chi connectivity index (χ1n) is 6.14. The predicted octanol–water partition coefficient (Wildman–Crippen LogP) is 1.67. The average Bonchev–Trinajstić information content (AvgIpc) is 2.33. The van der Waals surface area contributed by atoms with Crippen LogP contribution in [0.3, 0.4) is 0 Å². The van der Waals surface area contributed by atoms with Gasteiger partial charge in [0.1, 0.15) is 5.82 Å². The van der Waals surface area contributed by atoms with Gasteiger partial charge in [-0.25, -0.2) is 4.39 Å². The van der Waals surface area contributed by atoms with Gasteiger partial charge in [-0.15, -0.1) is 0 Å². The number of hydrogen-bond acceptors (Lipinski definition) is 3. The van der Waals surface area contributed by atoms with E-state index in [9.17, 15) is 9.18 Å². The van der Waals surface area contributed by atoms with Crippen molar-refractivity contribution in [3.8, 4) is 0 Å². The Morgan fingerprint density at radius 3 is 2.78 bits per heavy atom. The van der Waals surface area contributed by atoms with Crippen LogP contribution in [0.15, 0.2) is 18.5 Å². The minimum atomic E-state index is -0.496. The number of halogens is 1. The Kier molecular flexibility index (Phi) is 5.71. The first kappa shape index (κ1) is 14.6. The number of hydrogen-bond donors (Lipinski definition) is 1. The van der Waals surface area contributed by atoms with Gasteiger partial charge in [-0.2, -0.15) is 0 Å². The van der Waals surface area contributed by atoms with Gasteiger partial charge in [0, 0.05) is 19.3 Å². The van der Waals surface area contributed by atoms with Gasteiger partial charge in [-0.3, -0.25) is 9.78 Å². The summed E-state index contributed by atoms with van der Waals surface area (Å²) in [6, 6.07) is 1.21. The van der Waals surface area contributed by atoms with Crippen molar-refractivity contribution in [2.75, 3.05) is 19.6 Å². The number of carbonyl (C=O) groups is 1. The van der Waals surface area contributed by atoms with Crippen LogP contribution in [0, 0.1) is 11.7 Å². The molecule has 1 rings (SSSR count). The topological polar surface area (TPSA) is 59.2 Å². The standard InChI is InChI=1S/C13H20FN3O/c1-10(2)9-17(5-3-4-15)13(18)11-6-12(14)8-16-7-11/h6-8,10H,3-5,9,15H2,1-2H3. The molecule has 1 aromatic rings. The summed E-state index contributed by atoms with van der Waals surface area (Å²) in [5, 5.41) is 0. The molecule has 0 aliphatic rings. The number of pyridine rings is 1. The summed E-state index contributed by atoms with van der Waals surface area (Å²) in [5.74, 6) is -0.332. The van der Waals surface area contributed by atoms with Crippen LogP contribution in [0.25, 0.3) is 0 Å². The third-order valence-corrected chi connectivity index (χ3v) is 2.46.